The van der Waals surface area contributed by atoms with Gasteiger partial charge < -0.3 is 11.1 Å². The van der Waals surface area contributed by atoms with Crippen molar-refractivity contribution in [3.05, 3.63) is 59.9 Å². The van der Waals surface area contributed by atoms with Crippen molar-refractivity contribution in [2.75, 3.05) is 11.1 Å². The quantitative estimate of drug-likeness (QED) is 0.695. The van der Waals surface area contributed by atoms with E-state index in [0.717, 1.165) is 5.39 Å². The summed E-state index contributed by atoms with van der Waals surface area (Å²) in [6, 6.07) is 7.77. The minimum absolute atomic E-state index is 0.176. The molecule has 1 heterocycles. The first kappa shape index (κ1) is 13.3. The molecule has 0 aliphatic carbocycles. The van der Waals surface area contributed by atoms with Crippen LogP contribution in [0.1, 0.15) is 5.56 Å². The first-order valence-corrected chi connectivity index (χ1v) is 6.42. The molecule has 0 radical (unpaired) electrons. The van der Waals surface area contributed by atoms with E-state index in [2.05, 4.69) is 10.3 Å². The van der Waals surface area contributed by atoms with Gasteiger partial charge in [0.25, 0.3) is 0 Å². The number of hydrogen-bond acceptors (Lipinski definition) is 3. The first-order chi connectivity index (χ1) is 10.1. The van der Waals surface area contributed by atoms with E-state index in [4.69, 9.17) is 5.73 Å². The molecule has 0 atom stereocenters. The second-order valence-corrected chi connectivity index (χ2v) is 4.80. The summed E-state index contributed by atoms with van der Waals surface area (Å²) in [5.41, 5.74) is 7.23. The standard InChI is InChI=1S/C16H13F2N3/c1-9-2-3-12(17)16(15(9)18)21-14-5-4-13(19)10-6-7-20-8-11(10)14/h2-8,21H,19H2,1H3. The minimum atomic E-state index is -0.646. The highest BCUT2D eigenvalue weighted by molar-refractivity contribution is 6.01. The Balaban J connectivity index is 2.16. The van der Waals surface area contributed by atoms with Crippen LogP contribution >= 0.6 is 0 Å². The maximum atomic E-state index is 14.1. The lowest BCUT2D eigenvalue weighted by Crippen LogP contribution is -2.01. The molecule has 0 fully saturated rings. The molecule has 0 aliphatic rings. The number of pyridine rings is 1. The normalized spacial score (nSPS) is 10.8. The number of nitrogens with zero attached hydrogens (tertiary/aromatic N) is 1. The number of aryl methyl sites for hydroxylation is 1. The molecule has 3 N–H and O–H groups in total. The molecule has 5 heteroatoms. The van der Waals surface area contributed by atoms with Gasteiger partial charge >= 0.3 is 0 Å². The number of rotatable bonds is 2. The average molecular weight is 285 g/mol. The highest BCUT2D eigenvalue weighted by Crippen LogP contribution is 2.32. The number of nitrogens with one attached hydrogen (secondary N) is 1. The van der Waals surface area contributed by atoms with Gasteiger partial charge in [0.05, 0.1) is 0 Å². The van der Waals surface area contributed by atoms with Crippen LogP contribution in [0.3, 0.4) is 0 Å². The van der Waals surface area contributed by atoms with E-state index < -0.39 is 11.6 Å². The molecule has 3 rings (SSSR count). The second-order valence-electron chi connectivity index (χ2n) is 4.80. The predicted molar refractivity (Wildman–Crippen MR) is 80.5 cm³/mol. The highest BCUT2D eigenvalue weighted by atomic mass is 19.1. The molecule has 2 aromatic carbocycles. The van der Waals surface area contributed by atoms with Crippen LogP contribution in [-0.2, 0) is 0 Å². The van der Waals surface area contributed by atoms with E-state index in [9.17, 15) is 8.78 Å². The van der Waals surface area contributed by atoms with Crippen molar-refractivity contribution in [1.29, 1.82) is 0 Å². The fourth-order valence-corrected chi connectivity index (χ4v) is 2.23. The van der Waals surface area contributed by atoms with E-state index in [0.29, 0.717) is 22.3 Å². The summed E-state index contributed by atoms with van der Waals surface area (Å²) in [6.07, 6.45) is 3.23. The van der Waals surface area contributed by atoms with Crippen molar-refractivity contribution < 1.29 is 8.78 Å². The molecule has 0 spiro atoms. The van der Waals surface area contributed by atoms with Crippen molar-refractivity contribution in [3.63, 3.8) is 0 Å². The van der Waals surface area contributed by atoms with Gasteiger partial charge in [0.2, 0.25) is 0 Å². The zero-order valence-electron chi connectivity index (χ0n) is 11.3. The van der Waals surface area contributed by atoms with E-state index in [1.54, 1.807) is 37.5 Å². The Morgan fingerprint density at radius 2 is 1.86 bits per heavy atom. The number of benzene rings is 2. The SMILES string of the molecule is Cc1ccc(F)c(Nc2ccc(N)c3ccncc23)c1F. The van der Waals surface area contributed by atoms with E-state index >= 15 is 0 Å². The Labute approximate surface area is 120 Å². The monoisotopic (exact) mass is 285 g/mol. The Morgan fingerprint density at radius 1 is 1.05 bits per heavy atom. The summed E-state index contributed by atoms with van der Waals surface area (Å²) in [5.74, 6) is -1.25. The second kappa shape index (κ2) is 5.01. The smallest absolute Gasteiger partial charge is 0.152 e. The third-order valence-electron chi connectivity index (χ3n) is 3.40. The molecule has 3 aromatic rings. The van der Waals surface area contributed by atoms with E-state index in [1.807, 2.05) is 0 Å². The van der Waals surface area contributed by atoms with Gasteiger partial charge in [0.15, 0.2) is 5.82 Å². The lowest BCUT2D eigenvalue weighted by molar-refractivity contribution is 0.585. The first-order valence-electron chi connectivity index (χ1n) is 6.42. The van der Waals surface area contributed by atoms with Gasteiger partial charge in [-0.3, -0.25) is 4.98 Å². The molecular weight excluding hydrogens is 272 g/mol. The summed E-state index contributed by atoms with van der Waals surface area (Å²) in [5, 5.41) is 4.29. The van der Waals surface area contributed by atoms with Crippen molar-refractivity contribution in [3.8, 4) is 0 Å². The molecule has 0 unspecified atom stereocenters. The number of hydrogen-bond donors (Lipinski definition) is 2. The molecule has 0 bridgehead atoms. The number of nitrogens with two attached hydrogens (primary N) is 1. The number of nitrogen functional groups attached to an aromatic ring is 1. The largest absolute Gasteiger partial charge is 0.398 e. The fraction of sp³-hybridized carbons (Fsp3) is 0.0625. The number of fused-ring (bicyclic) bond motifs is 1. The maximum Gasteiger partial charge on any atom is 0.152 e. The van der Waals surface area contributed by atoms with Crippen molar-refractivity contribution in [2.24, 2.45) is 0 Å². The van der Waals surface area contributed by atoms with Gasteiger partial charge in [-0.1, -0.05) is 6.07 Å². The minimum Gasteiger partial charge on any atom is -0.398 e. The summed E-state index contributed by atoms with van der Waals surface area (Å²) in [6.45, 7) is 1.59. The van der Waals surface area contributed by atoms with Gasteiger partial charge in [-0.2, -0.15) is 0 Å². The number of halogens is 2. The lowest BCUT2D eigenvalue weighted by Gasteiger charge is -2.13. The van der Waals surface area contributed by atoms with Gasteiger partial charge in [-0.25, -0.2) is 8.78 Å². The Morgan fingerprint density at radius 3 is 2.67 bits per heavy atom. The zero-order chi connectivity index (χ0) is 15.0. The highest BCUT2D eigenvalue weighted by Gasteiger charge is 2.13. The van der Waals surface area contributed by atoms with Crippen LogP contribution in [0.25, 0.3) is 10.8 Å². The summed E-state index contributed by atoms with van der Waals surface area (Å²) < 4.78 is 27.9. The molecule has 106 valence electrons. The predicted octanol–water partition coefficient (Wildman–Crippen LogP) is 4.15. The van der Waals surface area contributed by atoms with Crippen molar-refractivity contribution >= 4 is 27.8 Å². The van der Waals surface area contributed by atoms with Crippen molar-refractivity contribution in [1.82, 2.24) is 4.98 Å². The average Bonchev–Trinajstić information content (AvgIpc) is 2.50. The summed E-state index contributed by atoms with van der Waals surface area (Å²) >= 11 is 0. The summed E-state index contributed by atoms with van der Waals surface area (Å²) in [7, 11) is 0. The lowest BCUT2D eigenvalue weighted by atomic mass is 10.1. The van der Waals surface area contributed by atoms with Crippen LogP contribution in [0, 0.1) is 18.6 Å². The zero-order valence-corrected chi connectivity index (χ0v) is 11.3. The van der Waals surface area contributed by atoms with Crippen LogP contribution in [0.5, 0.6) is 0 Å². The third-order valence-corrected chi connectivity index (χ3v) is 3.40. The van der Waals surface area contributed by atoms with Crippen LogP contribution in [-0.4, -0.2) is 4.98 Å². The molecule has 0 saturated heterocycles. The molecule has 0 amide bonds. The summed E-state index contributed by atoms with van der Waals surface area (Å²) in [4.78, 5) is 4.04. The molecular formula is C16H13F2N3. The van der Waals surface area contributed by atoms with Crippen LogP contribution in [0.15, 0.2) is 42.7 Å². The van der Waals surface area contributed by atoms with E-state index in [1.165, 1.54) is 12.1 Å². The fourth-order valence-electron chi connectivity index (χ4n) is 2.23. The van der Waals surface area contributed by atoms with Gasteiger partial charge in [-0.15, -0.1) is 0 Å². The van der Waals surface area contributed by atoms with Crippen molar-refractivity contribution in [2.45, 2.75) is 6.92 Å². The van der Waals surface area contributed by atoms with Crippen LogP contribution < -0.4 is 11.1 Å². The third kappa shape index (κ3) is 2.27. The van der Waals surface area contributed by atoms with Gasteiger partial charge in [-0.05, 0) is 36.8 Å². The van der Waals surface area contributed by atoms with E-state index in [-0.39, 0.29) is 5.69 Å². The molecule has 21 heavy (non-hydrogen) atoms. The van der Waals surface area contributed by atoms with Crippen LogP contribution in [0.4, 0.5) is 25.8 Å². The Bertz CT molecular complexity index is 831. The molecule has 0 aliphatic heterocycles. The molecule has 3 nitrogen and oxygen atoms in total. The van der Waals surface area contributed by atoms with Gasteiger partial charge in [0, 0.05) is 34.5 Å². The topological polar surface area (TPSA) is 50.9 Å². The van der Waals surface area contributed by atoms with Gasteiger partial charge in [0.1, 0.15) is 11.5 Å². The molecule has 1 aromatic heterocycles. The Kier molecular flexibility index (Phi) is 3.17. The number of aromatic nitrogens is 1. The van der Waals surface area contributed by atoms with Crippen LogP contribution in [0.2, 0.25) is 0 Å². The molecule has 0 saturated carbocycles. The Hall–Kier alpha value is -2.69. The number of anilines is 3. The maximum absolute atomic E-state index is 14.1.